The van der Waals surface area contributed by atoms with Gasteiger partial charge in [-0.15, -0.1) is 0 Å². The number of anilines is 1. The van der Waals surface area contributed by atoms with E-state index in [1.165, 1.54) is 17.8 Å². The number of thiophene rings is 1. The molecule has 1 aliphatic heterocycles. The number of rotatable bonds is 2. The van der Waals surface area contributed by atoms with Gasteiger partial charge in [0.25, 0.3) is 0 Å². The first-order chi connectivity index (χ1) is 8.77. The van der Waals surface area contributed by atoms with Crippen molar-refractivity contribution in [3.63, 3.8) is 0 Å². The molecule has 3 rings (SSSR count). The Hall–Kier alpha value is -1.62. The van der Waals surface area contributed by atoms with E-state index < -0.39 is 0 Å². The third-order valence-electron chi connectivity index (χ3n) is 3.39. The lowest BCUT2D eigenvalue weighted by Gasteiger charge is -2.27. The Labute approximate surface area is 109 Å². The summed E-state index contributed by atoms with van der Waals surface area (Å²) in [5, 5.41) is 12.5. The molecule has 1 aromatic carbocycles. The van der Waals surface area contributed by atoms with Gasteiger partial charge in [0.05, 0.1) is 4.92 Å². The molecule has 18 heavy (non-hydrogen) atoms. The maximum atomic E-state index is 11.2. The molecule has 0 aliphatic carbocycles. The molecule has 0 unspecified atom stereocenters. The largest absolute Gasteiger partial charge is 0.365 e. The summed E-state index contributed by atoms with van der Waals surface area (Å²) in [5.74, 6) is 0. The second-order valence-electron chi connectivity index (χ2n) is 4.56. The van der Waals surface area contributed by atoms with E-state index in [0.717, 1.165) is 41.7 Å². The van der Waals surface area contributed by atoms with Crippen LogP contribution in [0.1, 0.15) is 19.3 Å². The van der Waals surface area contributed by atoms with Gasteiger partial charge in [-0.1, -0.05) is 29.5 Å². The molecule has 0 amide bonds. The SMILES string of the molecule is O=[N+]([O-])c1sc2ccccc2c1N1CCCCC1. The Morgan fingerprint density at radius 3 is 2.61 bits per heavy atom. The van der Waals surface area contributed by atoms with E-state index in [-0.39, 0.29) is 9.92 Å². The van der Waals surface area contributed by atoms with Gasteiger partial charge in [0.1, 0.15) is 5.69 Å². The number of hydrogen-bond donors (Lipinski definition) is 0. The number of hydrogen-bond acceptors (Lipinski definition) is 4. The molecule has 4 nitrogen and oxygen atoms in total. The summed E-state index contributed by atoms with van der Waals surface area (Å²) < 4.78 is 1.00. The second-order valence-corrected chi connectivity index (χ2v) is 5.59. The molecule has 0 spiro atoms. The molecule has 0 N–H and O–H groups in total. The lowest BCUT2D eigenvalue weighted by Crippen LogP contribution is -2.29. The maximum Gasteiger partial charge on any atom is 0.348 e. The van der Waals surface area contributed by atoms with Crippen molar-refractivity contribution < 1.29 is 4.92 Å². The van der Waals surface area contributed by atoms with Crippen LogP contribution in [-0.4, -0.2) is 18.0 Å². The summed E-state index contributed by atoms with van der Waals surface area (Å²) in [7, 11) is 0. The second kappa shape index (κ2) is 4.57. The highest BCUT2D eigenvalue weighted by atomic mass is 32.1. The lowest BCUT2D eigenvalue weighted by molar-refractivity contribution is -0.379. The smallest absolute Gasteiger partial charge is 0.348 e. The molecule has 1 aliphatic rings. The normalized spacial score (nSPS) is 16.1. The van der Waals surface area contributed by atoms with Gasteiger partial charge >= 0.3 is 5.00 Å². The molecule has 5 heteroatoms. The van der Waals surface area contributed by atoms with Crippen LogP contribution in [0.3, 0.4) is 0 Å². The minimum atomic E-state index is -0.241. The predicted molar refractivity (Wildman–Crippen MR) is 74.5 cm³/mol. The Bertz CT molecular complexity index is 588. The van der Waals surface area contributed by atoms with Crippen LogP contribution in [-0.2, 0) is 0 Å². The number of nitro groups is 1. The molecule has 0 radical (unpaired) electrons. The lowest BCUT2D eigenvalue weighted by atomic mass is 10.1. The molecule has 1 aromatic heterocycles. The van der Waals surface area contributed by atoms with Crippen molar-refractivity contribution in [2.75, 3.05) is 18.0 Å². The first-order valence-corrected chi connectivity index (χ1v) is 7.00. The zero-order valence-electron chi connectivity index (χ0n) is 9.96. The van der Waals surface area contributed by atoms with E-state index in [0.29, 0.717) is 0 Å². The number of benzene rings is 1. The average molecular weight is 262 g/mol. The third kappa shape index (κ3) is 1.84. The van der Waals surface area contributed by atoms with Crippen LogP contribution < -0.4 is 4.90 Å². The monoisotopic (exact) mass is 262 g/mol. The highest BCUT2D eigenvalue weighted by Crippen LogP contribution is 2.44. The number of nitrogens with zero attached hydrogens (tertiary/aromatic N) is 2. The van der Waals surface area contributed by atoms with E-state index in [1.807, 2.05) is 24.3 Å². The maximum absolute atomic E-state index is 11.2. The number of piperidine rings is 1. The van der Waals surface area contributed by atoms with Crippen molar-refractivity contribution in [2.24, 2.45) is 0 Å². The molecule has 1 saturated heterocycles. The zero-order chi connectivity index (χ0) is 12.5. The van der Waals surface area contributed by atoms with Crippen molar-refractivity contribution in [3.05, 3.63) is 34.4 Å². The minimum absolute atomic E-state index is 0.241. The van der Waals surface area contributed by atoms with Gasteiger partial charge in [0.2, 0.25) is 0 Å². The summed E-state index contributed by atoms with van der Waals surface area (Å²) in [4.78, 5) is 13.2. The first kappa shape index (κ1) is 11.5. The topological polar surface area (TPSA) is 46.4 Å². The third-order valence-corrected chi connectivity index (χ3v) is 4.50. The van der Waals surface area contributed by atoms with Crippen molar-refractivity contribution in [3.8, 4) is 0 Å². The summed E-state index contributed by atoms with van der Waals surface area (Å²) in [6.45, 7) is 1.86. The van der Waals surface area contributed by atoms with Crippen molar-refractivity contribution in [1.29, 1.82) is 0 Å². The van der Waals surface area contributed by atoms with Crippen molar-refractivity contribution >= 4 is 32.1 Å². The van der Waals surface area contributed by atoms with E-state index in [1.54, 1.807) is 0 Å². The molecular weight excluding hydrogens is 248 g/mol. The Balaban J connectivity index is 2.17. The molecule has 0 saturated carbocycles. The fourth-order valence-electron chi connectivity index (χ4n) is 2.57. The highest BCUT2D eigenvalue weighted by Gasteiger charge is 2.26. The van der Waals surface area contributed by atoms with Gasteiger partial charge in [-0.2, -0.15) is 0 Å². The highest BCUT2D eigenvalue weighted by molar-refractivity contribution is 7.23. The van der Waals surface area contributed by atoms with Crippen LogP contribution in [0.15, 0.2) is 24.3 Å². The van der Waals surface area contributed by atoms with E-state index in [2.05, 4.69) is 4.90 Å². The molecule has 2 aromatic rings. The Morgan fingerprint density at radius 1 is 1.17 bits per heavy atom. The van der Waals surface area contributed by atoms with Gasteiger partial charge in [-0.3, -0.25) is 10.1 Å². The summed E-state index contributed by atoms with van der Waals surface area (Å²) in [6, 6.07) is 7.83. The molecular formula is C13H14N2O2S. The molecule has 0 bridgehead atoms. The summed E-state index contributed by atoms with van der Waals surface area (Å²) in [5.41, 5.74) is 0.834. The Kier molecular flexibility index (Phi) is 2.91. The van der Waals surface area contributed by atoms with Gasteiger partial charge in [-0.05, 0) is 25.3 Å². The van der Waals surface area contributed by atoms with Crippen LogP contribution in [0.2, 0.25) is 0 Å². The van der Waals surface area contributed by atoms with Crippen LogP contribution in [0, 0.1) is 10.1 Å². The fourth-order valence-corrected chi connectivity index (χ4v) is 3.61. The molecule has 94 valence electrons. The van der Waals surface area contributed by atoms with E-state index in [4.69, 9.17) is 0 Å². The van der Waals surface area contributed by atoms with Crippen LogP contribution >= 0.6 is 11.3 Å². The quantitative estimate of drug-likeness (QED) is 0.611. The van der Waals surface area contributed by atoms with Gasteiger partial charge < -0.3 is 4.90 Å². The van der Waals surface area contributed by atoms with Crippen LogP contribution in [0.4, 0.5) is 10.7 Å². The zero-order valence-corrected chi connectivity index (χ0v) is 10.8. The van der Waals surface area contributed by atoms with Crippen molar-refractivity contribution in [2.45, 2.75) is 19.3 Å². The first-order valence-electron chi connectivity index (χ1n) is 6.18. The van der Waals surface area contributed by atoms with Gasteiger partial charge in [0, 0.05) is 23.2 Å². The standard InChI is InChI=1S/C13H14N2O2S/c16-15(17)13-12(14-8-4-1-5-9-14)10-6-2-3-7-11(10)18-13/h2-3,6-7H,1,4-5,8-9H2. The van der Waals surface area contributed by atoms with Crippen LogP contribution in [0.5, 0.6) is 0 Å². The van der Waals surface area contributed by atoms with Gasteiger partial charge in [0.15, 0.2) is 0 Å². The van der Waals surface area contributed by atoms with Gasteiger partial charge in [-0.25, -0.2) is 0 Å². The molecule has 2 heterocycles. The summed E-state index contributed by atoms with van der Waals surface area (Å²) in [6.07, 6.45) is 3.48. The van der Waals surface area contributed by atoms with Crippen molar-refractivity contribution in [1.82, 2.24) is 0 Å². The van der Waals surface area contributed by atoms with Crippen LogP contribution in [0.25, 0.3) is 10.1 Å². The minimum Gasteiger partial charge on any atom is -0.365 e. The van der Waals surface area contributed by atoms with E-state index in [9.17, 15) is 10.1 Å². The van der Waals surface area contributed by atoms with E-state index >= 15 is 0 Å². The average Bonchev–Trinajstić information content (AvgIpc) is 2.79. The predicted octanol–water partition coefficient (Wildman–Crippen LogP) is 3.80. The Morgan fingerprint density at radius 2 is 1.89 bits per heavy atom. The fraction of sp³-hybridized carbons (Fsp3) is 0.385. The number of fused-ring (bicyclic) bond motifs is 1. The molecule has 1 fully saturated rings. The summed E-state index contributed by atoms with van der Waals surface area (Å²) >= 11 is 1.28. The molecule has 0 atom stereocenters.